The molecule has 0 aliphatic heterocycles. The van der Waals surface area contributed by atoms with E-state index >= 15 is 0 Å². The Morgan fingerprint density at radius 1 is 1.13 bits per heavy atom. The third-order valence-electron chi connectivity index (χ3n) is 5.79. The van der Waals surface area contributed by atoms with E-state index in [1.165, 1.54) is 6.20 Å². The van der Waals surface area contributed by atoms with Crippen LogP contribution in [0.3, 0.4) is 0 Å². The van der Waals surface area contributed by atoms with E-state index in [9.17, 15) is 10.1 Å². The standard InChI is InChI=1S/C31H29ClN4O3/c1-4-38-30-18-29-26(16-21(30)15-23(37)9-8-14-36(2)3)31(22(19-33)20-34-29)35-28-13-12-25(17-27(28)32)39-24-10-6-5-7-11-24/h5-13,16-18,20H,4,14-15H2,1-3H3,(H,34,35)/b9-8+. The van der Waals surface area contributed by atoms with Crippen LogP contribution >= 0.6 is 11.6 Å². The Morgan fingerprint density at radius 2 is 1.92 bits per heavy atom. The number of hydrogen-bond acceptors (Lipinski definition) is 7. The fraction of sp³-hybridized carbons (Fsp3) is 0.194. The predicted octanol–water partition coefficient (Wildman–Crippen LogP) is 6.92. The molecular weight excluding hydrogens is 512 g/mol. The average Bonchev–Trinajstić information content (AvgIpc) is 2.91. The third kappa shape index (κ3) is 7.14. The molecule has 0 aliphatic rings. The average molecular weight is 541 g/mol. The van der Waals surface area contributed by atoms with Crippen molar-refractivity contribution in [2.45, 2.75) is 13.3 Å². The van der Waals surface area contributed by atoms with Crippen molar-refractivity contribution in [1.82, 2.24) is 9.88 Å². The maximum Gasteiger partial charge on any atom is 0.159 e. The first-order chi connectivity index (χ1) is 18.9. The molecule has 3 aromatic carbocycles. The van der Waals surface area contributed by atoms with Gasteiger partial charge >= 0.3 is 0 Å². The topological polar surface area (TPSA) is 87.5 Å². The summed E-state index contributed by atoms with van der Waals surface area (Å²) in [4.78, 5) is 19.2. The van der Waals surface area contributed by atoms with Crippen molar-refractivity contribution in [3.05, 3.63) is 95.2 Å². The lowest BCUT2D eigenvalue weighted by Gasteiger charge is -2.16. The maximum absolute atomic E-state index is 12.7. The van der Waals surface area contributed by atoms with Gasteiger partial charge in [-0.25, -0.2) is 0 Å². The summed E-state index contributed by atoms with van der Waals surface area (Å²) < 4.78 is 11.7. The first-order valence-corrected chi connectivity index (χ1v) is 12.9. The number of allylic oxidation sites excluding steroid dienone is 1. The molecule has 0 aliphatic carbocycles. The molecule has 0 amide bonds. The zero-order valence-electron chi connectivity index (χ0n) is 22.1. The van der Waals surface area contributed by atoms with Crippen molar-refractivity contribution in [1.29, 1.82) is 5.26 Å². The van der Waals surface area contributed by atoms with Gasteiger partial charge in [0, 0.05) is 42.2 Å². The molecule has 198 valence electrons. The van der Waals surface area contributed by atoms with Crippen molar-refractivity contribution >= 4 is 39.7 Å². The Kier molecular flexibility index (Phi) is 9.16. The van der Waals surface area contributed by atoms with Crippen LogP contribution in [0.1, 0.15) is 18.1 Å². The van der Waals surface area contributed by atoms with E-state index in [1.807, 2.05) is 68.4 Å². The summed E-state index contributed by atoms with van der Waals surface area (Å²) in [5.41, 5.74) is 2.82. The summed E-state index contributed by atoms with van der Waals surface area (Å²) in [5.74, 6) is 1.82. The van der Waals surface area contributed by atoms with Crippen molar-refractivity contribution in [2.24, 2.45) is 0 Å². The van der Waals surface area contributed by atoms with Gasteiger partial charge in [0.2, 0.25) is 0 Å². The Hall–Kier alpha value is -4.38. The number of aromatic nitrogens is 1. The number of hydrogen-bond donors (Lipinski definition) is 1. The summed E-state index contributed by atoms with van der Waals surface area (Å²) in [7, 11) is 3.88. The number of carbonyl (C=O) groups excluding carboxylic acids is 1. The molecule has 0 spiro atoms. The van der Waals surface area contributed by atoms with Gasteiger partial charge in [0.15, 0.2) is 5.78 Å². The van der Waals surface area contributed by atoms with Crippen LogP contribution in [-0.2, 0) is 11.2 Å². The summed E-state index contributed by atoms with van der Waals surface area (Å²) in [5, 5.41) is 14.3. The molecule has 0 bridgehead atoms. The number of ether oxygens (including phenoxy) is 2. The monoisotopic (exact) mass is 540 g/mol. The quantitative estimate of drug-likeness (QED) is 0.206. The van der Waals surface area contributed by atoms with E-state index in [2.05, 4.69) is 16.4 Å². The van der Waals surface area contributed by atoms with Gasteiger partial charge < -0.3 is 19.7 Å². The molecule has 39 heavy (non-hydrogen) atoms. The van der Waals surface area contributed by atoms with Gasteiger partial charge in [-0.2, -0.15) is 5.26 Å². The number of ketones is 1. The number of halogens is 1. The molecule has 0 fully saturated rings. The number of rotatable bonds is 11. The van der Waals surface area contributed by atoms with Gasteiger partial charge in [-0.3, -0.25) is 9.78 Å². The van der Waals surface area contributed by atoms with Crippen LogP contribution in [-0.4, -0.2) is 42.9 Å². The Morgan fingerprint density at radius 3 is 2.62 bits per heavy atom. The van der Waals surface area contributed by atoms with Crippen molar-refractivity contribution < 1.29 is 14.3 Å². The summed E-state index contributed by atoms with van der Waals surface area (Å²) >= 11 is 6.61. The Labute approximate surface area is 233 Å². The van der Waals surface area contributed by atoms with Gasteiger partial charge in [0.25, 0.3) is 0 Å². The molecule has 0 unspecified atom stereocenters. The first kappa shape index (κ1) is 27.6. The highest BCUT2D eigenvalue weighted by molar-refractivity contribution is 6.33. The van der Waals surface area contributed by atoms with Gasteiger partial charge in [0.1, 0.15) is 23.3 Å². The summed E-state index contributed by atoms with van der Waals surface area (Å²) in [6.07, 6.45) is 5.08. The van der Waals surface area contributed by atoms with Gasteiger partial charge in [-0.05, 0) is 57.4 Å². The molecule has 8 heteroatoms. The SMILES string of the molecule is CCOc1cc2ncc(C#N)c(Nc3ccc(Oc4ccccc4)cc3Cl)c2cc1CC(=O)/C=C/CN(C)C. The molecule has 4 aromatic rings. The van der Waals surface area contributed by atoms with Crippen molar-refractivity contribution in [2.75, 3.05) is 32.6 Å². The second kappa shape index (κ2) is 12.9. The molecule has 7 nitrogen and oxygen atoms in total. The molecule has 1 N–H and O–H groups in total. The number of anilines is 2. The van der Waals surface area contributed by atoms with Crippen LogP contribution in [0, 0.1) is 11.3 Å². The zero-order chi connectivity index (χ0) is 27.8. The van der Waals surface area contributed by atoms with Crippen LogP contribution in [0.2, 0.25) is 5.02 Å². The molecule has 0 atom stereocenters. The fourth-order valence-electron chi connectivity index (χ4n) is 3.97. The number of benzene rings is 3. The normalized spacial score (nSPS) is 11.1. The number of likely N-dealkylation sites (N-methyl/N-ethyl adjacent to an activating group) is 1. The molecule has 0 radical (unpaired) electrons. The van der Waals surface area contributed by atoms with Crippen LogP contribution in [0.5, 0.6) is 17.2 Å². The fourth-order valence-corrected chi connectivity index (χ4v) is 4.19. The molecule has 0 saturated heterocycles. The summed E-state index contributed by atoms with van der Waals surface area (Å²) in [6.45, 7) is 3.00. The number of pyridine rings is 1. The zero-order valence-corrected chi connectivity index (χ0v) is 22.8. The molecule has 0 saturated carbocycles. The van der Waals surface area contributed by atoms with Gasteiger partial charge in [-0.1, -0.05) is 35.9 Å². The van der Waals surface area contributed by atoms with Crippen LogP contribution in [0.25, 0.3) is 10.9 Å². The van der Waals surface area contributed by atoms with Gasteiger partial charge in [-0.15, -0.1) is 0 Å². The maximum atomic E-state index is 12.7. The highest BCUT2D eigenvalue weighted by Crippen LogP contribution is 2.37. The molecule has 4 rings (SSSR count). The number of nitrogens with one attached hydrogen (secondary N) is 1. The van der Waals surface area contributed by atoms with E-state index in [0.29, 0.717) is 68.8 Å². The number of carbonyl (C=O) groups is 1. The van der Waals surface area contributed by atoms with E-state index in [1.54, 1.807) is 30.3 Å². The van der Waals surface area contributed by atoms with E-state index in [4.69, 9.17) is 21.1 Å². The number of fused-ring (bicyclic) bond motifs is 1. The predicted molar refractivity (Wildman–Crippen MR) is 155 cm³/mol. The van der Waals surface area contributed by atoms with E-state index < -0.39 is 0 Å². The molecule has 1 heterocycles. The lowest BCUT2D eigenvalue weighted by atomic mass is 10.0. The highest BCUT2D eigenvalue weighted by atomic mass is 35.5. The second-order valence-corrected chi connectivity index (χ2v) is 9.47. The lowest BCUT2D eigenvalue weighted by molar-refractivity contribution is -0.114. The van der Waals surface area contributed by atoms with Gasteiger partial charge in [0.05, 0.1) is 34.1 Å². The smallest absolute Gasteiger partial charge is 0.159 e. The number of para-hydroxylation sites is 1. The number of nitrogens with zero attached hydrogens (tertiary/aromatic N) is 3. The van der Waals surface area contributed by atoms with Crippen molar-refractivity contribution in [3.63, 3.8) is 0 Å². The molecular formula is C31H29ClN4O3. The van der Waals surface area contributed by atoms with Crippen LogP contribution < -0.4 is 14.8 Å². The minimum atomic E-state index is -0.0480. The highest BCUT2D eigenvalue weighted by Gasteiger charge is 2.16. The Bertz CT molecular complexity index is 1550. The largest absolute Gasteiger partial charge is 0.494 e. The van der Waals surface area contributed by atoms with E-state index in [-0.39, 0.29) is 12.2 Å². The van der Waals surface area contributed by atoms with Crippen LogP contribution in [0.15, 0.2) is 79.0 Å². The summed E-state index contributed by atoms with van der Waals surface area (Å²) in [6, 6.07) is 20.6. The Balaban J connectivity index is 1.69. The van der Waals surface area contributed by atoms with E-state index in [0.717, 1.165) is 0 Å². The van der Waals surface area contributed by atoms with Crippen molar-refractivity contribution in [3.8, 4) is 23.3 Å². The third-order valence-corrected chi connectivity index (χ3v) is 6.10. The number of nitriles is 1. The lowest BCUT2D eigenvalue weighted by Crippen LogP contribution is -2.11. The minimum absolute atomic E-state index is 0.0480. The minimum Gasteiger partial charge on any atom is -0.494 e. The second-order valence-electron chi connectivity index (χ2n) is 9.06. The van der Waals surface area contributed by atoms with Crippen LogP contribution in [0.4, 0.5) is 11.4 Å². The molecule has 1 aromatic heterocycles. The first-order valence-electron chi connectivity index (χ1n) is 12.5.